The van der Waals surface area contributed by atoms with E-state index in [9.17, 15) is 4.79 Å². The zero-order chi connectivity index (χ0) is 14.5. The summed E-state index contributed by atoms with van der Waals surface area (Å²) < 4.78 is 0. The number of benzene rings is 2. The van der Waals surface area contributed by atoms with Gasteiger partial charge in [-0.1, -0.05) is 37.3 Å². The van der Waals surface area contributed by atoms with Gasteiger partial charge in [0, 0.05) is 24.8 Å². The molecule has 20 heavy (non-hydrogen) atoms. The Bertz CT molecular complexity index is 607. The number of carbonyl (C=O) groups excluding carboxylic acids is 1. The van der Waals surface area contributed by atoms with E-state index in [2.05, 4.69) is 6.92 Å². The van der Waals surface area contributed by atoms with Crippen LogP contribution in [0.5, 0.6) is 0 Å². The van der Waals surface area contributed by atoms with E-state index in [1.54, 1.807) is 11.9 Å². The quantitative estimate of drug-likeness (QED) is 0.926. The van der Waals surface area contributed by atoms with Crippen molar-refractivity contribution in [3.8, 4) is 0 Å². The number of anilines is 1. The highest BCUT2D eigenvalue weighted by atomic mass is 16.2. The summed E-state index contributed by atoms with van der Waals surface area (Å²) in [7, 11) is 1.80. The number of amides is 1. The summed E-state index contributed by atoms with van der Waals surface area (Å²) in [5.74, 6) is 0.0108. The second-order valence-corrected chi connectivity index (χ2v) is 4.75. The monoisotopic (exact) mass is 268 g/mol. The van der Waals surface area contributed by atoms with Gasteiger partial charge in [0.2, 0.25) is 0 Å². The first-order chi connectivity index (χ1) is 9.67. The van der Waals surface area contributed by atoms with E-state index >= 15 is 0 Å². The van der Waals surface area contributed by atoms with Crippen molar-refractivity contribution in [3.05, 3.63) is 65.2 Å². The van der Waals surface area contributed by atoms with Crippen molar-refractivity contribution < 1.29 is 4.79 Å². The molecule has 0 heterocycles. The molecule has 3 heteroatoms. The molecule has 0 saturated carbocycles. The zero-order valence-electron chi connectivity index (χ0n) is 12.0. The maximum absolute atomic E-state index is 12.6. The van der Waals surface area contributed by atoms with Gasteiger partial charge in [0.1, 0.15) is 0 Å². The van der Waals surface area contributed by atoms with Crippen LogP contribution in [0.25, 0.3) is 0 Å². The molecule has 0 saturated heterocycles. The van der Waals surface area contributed by atoms with Crippen LogP contribution in [0.1, 0.15) is 28.4 Å². The number of hydrogen-bond donors (Lipinski definition) is 1. The van der Waals surface area contributed by atoms with Crippen molar-refractivity contribution in [1.82, 2.24) is 0 Å². The summed E-state index contributed by atoms with van der Waals surface area (Å²) in [4.78, 5) is 14.3. The Morgan fingerprint density at radius 1 is 1.15 bits per heavy atom. The molecule has 0 aliphatic rings. The Morgan fingerprint density at radius 2 is 1.90 bits per heavy atom. The molecular weight excluding hydrogens is 248 g/mol. The third-order valence-corrected chi connectivity index (χ3v) is 3.47. The van der Waals surface area contributed by atoms with Gasteiger partial charge in [0.05, 0.1) is 0 Å². The van der Waals surface area contributed by atoms with Crippen LogP contribution in [0.15, 0.2) is 48.5 Å². The van der Waals surface area contributed by atoms with E-state index in [4.69, 9.17) is 5.73 Å². The van der Waals surface area contributed by atoms with E-state index in [1.807, 2.05) is 48.5 Å². The standard InChI is InChI=1S/C17H20N2O/c1-3-14-8-4-5-10-16(14)17(20)19(2)15-9-6-7-13(11-15)12-18/h4-11H,3,12,18H2,1-2H3. The van der Waals surface area contributed by atoms with Crippen LogP contribution in [0.3, 0.4) is 0 Å². The molecule has 3 nitrogen and oxygen atoms in total. The molecule has 0 spiro atoms. The molecule has 1 amide bonds. The van der Waals surface area contributed by atoms with Gasteiger partial charge in [-0.25, -0.2) is 0 Å². The summed E-state index contributed by atoms with van der Waals surface area (Å²) in [5, 5.41) is 0. The first kappa shape index (κ1) is 14.3. The molecule has 0 aliphatic carbocycles. The van der Waals surface area contributed by atoms with Crippen LogP contribution in [0, 0.1) is 0 Å². The van der Waals surface area contributed by atoms with E-state index in [-0.39, 0.29) is 5.91 Å². The van der Waals surface area contributed by atoms with Crippen LogP contribution in [-0.4, -0.2) is 13.0 Å². The lowest BCUT2D eigenvalue weighted by atomic mass is 10.0. The molecule has 0 radical (unpaired) electrons. The van der Waals surface area contributed by atoms with Gasteiger partial charge in [-0.2, -0.15) is 0 Å². The Hall–Kier alpha value is -2.13. The Kier molecular flexibility index (Phi) is 4.53. The molecule has 0 aliphatic heterocycles. The maximum Gasteiger partial charge on any atom is 0.258 e. The molecule has 2 N–H and O–H groups in total. The van der Waals surface area contributed by atoms with Crippen molar-refractivity contribution in [3.63, 3.8) is 0 Å². The zero-order valence-corrected chi connectivity index (χ0v) is 12.0. The third kappa shape index (κ3) is 2.89. The van der Waals surface area contributed by atoms with Crippen LogP contribution >= 0.6 is 0 Å². The Morgan fingerprint density at radius 3 is 2.60 bits per heavy atom. The molecular formula is C17H20N2O. The topological polar surface area (TPSA) is 46.3 Å². The number of carbonyl (C=O) groups is 1. The maximum atomic E-state index is 12.6. The fraction of sp³-hybridized carbons (Fsp3) is 0.235. The van der Waals surface area contributed by atoms with E-state index in [1.165, 1.54) is 0 Å². The van der Waals surface area contributed by atoms with Gasteiger partial charge in [0.15, 0.2) is 0 Å². The normalized spacial score (nSPS) is 10.3. The van der Waals surface area contributed by atoms with Gasteiger partial charge in [0.25, 0.3) is 5.91 Å². The fourth-order valence-corrected chi connectivity index (χ4v) is 2.23. The molecule has 0 aromatic heterocycles. The fourth-order valence-electron chi connectivity index (χ4n) is 2.23. The lowest BCUT2D eigenvalue weighted by Gasteiger charge is -2.19. The summed E-state index contributed by atoms with van der Waals surface area (Å²) in [6.45, 7) is 2.53. The van der Waals surface area contributed by atoms with Crippen molar-refractivity contribution in [2.75, 3.05) is 11.9 Å². The average Bonchev–Trinajstić information content (AvgIpc) is 2.53. The second-order valence-electron chi connectivity index (χ2n) is 4.75. The second kappa shape index (κ2) is 6.35. The van der Waals surface area contributed by atoms with Crippen molar-refractivity contribution in [2.45, 2.75) is 19.9 Å². The van der Waals surface area contributed by atoms with Gasteiger partial charge in [-0.05, 0) is 35.7 Å². The summed E-state index contributed by atoms with van der Waals surface area (Å²) >= 11 is 0. The Balaban J connectivity index is 2.32. The minimum atomic E-state index is 0.0108. The lowest BCUT2D eigenvalue weighted by molar-refractivity contribution is 0.0992. The van der Waals surface area contributed by atoms with Crippen LogP contribution < -0.4 is 10.6 Å². The van der Waals surface area contributed by atoms with Crippen LogP contribution in [-0.2, 0) is 13.0 Å². The number of nitrogens with zero attached hydrogens (tertiary/aromatic N) is 1. The highest BCUT2D eigenvalue weighted by Gasteiger charge is 2.16. The van der Waals surface area contributed by atoms with Crippen LogP contribution in [0.2, 0.25) is 0 Å². The predicted octanol–water partition coefficient (Wildman–Crippen LogP) is 2.98. The van der Waals surface area contributed by atoms with E-state index in [0.717, 1.165) is 28.8 Å². The van der Waals surface area contributed by atoms with Gasteiger partial charge in [-0.15, -0.1) is 0 Å². The molecule has 2 aromatic rings. The molecule has 104 valence electrons. The van der Waals surface area contributed by atoms with Crippen molar-refractivity contribution >= 4 is 11.6 Å². The molecule has 0 atom stereocenters. The van der Waals surface area contributed by atoms with Gasteiger partial charge in [-0.3, -0.25) is 4.79 Å². The number of hydrogen-bond acceptors (Lipinski definition) is 2. The first-order valence-electron chi connectivity index (χ1n) is 6.82. The number of aryl methyl sites for hydroxylation is 1. The minimum Gasteiger partial charge on any atom is -0.326 e. The minimum absolute atomic E-state index is 0.0108. The van der Waals surface area contributed by atoms with Crippen LogP contribution in [0.4, 0.5) is 5.69 Å². The van der Waals surface area contributed by atoms with Gasteiger partial charge < -0.3 is 10.6 Å². The molecule has 2 rings (SSSR count). The third-order valence-electron chi connectivity index (χ3n) is 3.47. The highest BCUT2D eigenvalue weighted by Crippen LogP contribution is 2.19. The van der Waals surface area contributed by atoms with E-state index in [0.29, 0.717) is 6.54 Å². The summed E-state index contributed by atoms with van der Waals surface area (Å²) in [6, 6.07) is 15.5. The van der Waals surface area contributed by atoms with Crippen molar-refractivity contribution in [2.24, 2.45) is 5.73 Å². The Labute approximate surface area is 120 Å². The first-order valence-corrected chi connectivity index (χ1v) is 6.82. The van der Waals surface area contributed by atoms with Crippen molar-refractivity contribution in [1.29, 1.82) is 0 Å². The summed E-state index contributed by atoms with van der Waals surface area (Å²) in [6.07, 6.45) is 0.846. The number of rotatable bonds is 4. The SMILES string of the molecule is CCc1ccccc1C(=O)N(C)c1cccc(CN)c1. The molecule has 0 fully saturated rings. The van der Waals surface area contributed by atoms with E-state index < -0.39 is 0 Å². The summed E-state index contributed by atoms with van der Waals surface area (Å²) in [5.41, 5.74) is 9.36. The highest BCUT2D eigenvalue weighted by molar-refractivity contribution is 6.06. The predicted molar refractivity (Wildman–Crippen MR) is 82.9 cm³/mol. The molecule has 2 aromatic carbocycles. The van der Waals surface area contributed by atoms with Gasteiger partial charge >= 0.3 is 0 Å². The molecule has 0 bridgehead atoms. The largest absolute Gasteiger partial charge is 0.326 e. The lowest BCUT2D eigenvalue weighted by Crippen LogP contribution is -2.27. The smallest absolute Gasteiger partial charge is 0.258 e. The number of nitrogens with two attached hydrogens (primary N) is 1. The molecule has 0 unspecified atom stereocenters. The average molecular weight is 268 g/mol.